The van der Waals surface area contributed by atoms with Crippen molar-refractivity contribution in [3.05, 3.63) is 83.2 Å². The maximum Gasteiger partial charge on any atom is 0.266 e. The molecule has 4 aromatic rings. The van der Waals surface area contributed by atoms with Crippen molar-refractivity contribution in [2.24, 2.45) is 0 Å². The highest BCUT2D eigenvalue weighted by Gasteiger charge is 2.17. The predicted molar refractivity (Wildman–Crippen MR) is 131 cm³/mol. The molecule has 1 amide bonds. The van der Waals surface area contributed by atoms with E-state index in [0.717, 1.165) is 5.75 Å². The van der Waals surface area contributed by atoms with Crippen LogP contribution < -0.4 is 20.3 Å². The number of aromatic nitrogens is 2. The Bertz CT molecular complexity index is 1340. The largest absolute Gasteiger partial charge is 0.495 e. The number of thioether (sulfide) groups is 1. The monoisotopic (exact) mass is 461 g/mol. The second-order valence-electron chi connectivity index (χ2n) is 7.02. The Labute approximate surface area is 195 Å². The van der Waals surface area contributed by atoms with Crippen molar-refractivity contribution in [2.75, 3.05) is 24.8 Å². The third kappa shape index (κ3) is 5.01. The molecule has 3 aromatic carbocycles. The summed E-state index contributed by atoms with van der Waals surface area (Å²) in [6, 6.07) is 21.6. The first-order valence-electron chi connectivity index (χ1n) is 10.4. The first kappa shape index (κ1) is 22.4. The fourth-order valence-electron chi connectivity index (χ4n) is 3.36. The van der Waals surface area contributed by atoms with E-state index >= 15 is 0 Å². The topological polar surface area (TPSA) is 82.5 Å². The molecule has 8 heteroatoms. The Hall–Kier alpha value is -3.78. The summed E-state index contributed by atoms with van der Waals surface area (Å²) in [7, 11) is 1.55. The minimum absolute atomic E-state index is 0.0765. The van der Waals surface area contributed by atoms with E-state index in [9.17, 15) is 9.59 Å². The maximum atomic E-state index is 13.4. The van der Waals surface area contributed by atoms with Crippen molar-refractivity contribution >= 4 is 34.3 Å². The van der Waals surface area contributed by atoms with Crippen molar-refractivity contribution in [1.82, 2.24) is 9.55 Å². The minimum Gasteiger partial charge on any atom is -0.495 e. The van der Waals surface area contributed by atoms with E-state index in [1.165, 1.54) is 16.3 Å². The number of amides is 1. The Kier molecular flexibility index (Phi) is 6.95. The van der Waals surface area contributed by atoms with Gasteiger partial charge in [0, 0.05) is 5.69 Å². The van der Waals surface area contributed by atoms with Crippen LogP contribution in [-0.2, 0) is 4.79 Å². The van der Waals surface area contributed by atoms with Gasteiger partial charge in [-0.3, -0.25) is 14.2 Å². The summed E-state index contributed by atoms with van der Waals surface area (Å²) in [5.74, 6) is 1.15. The number of nitrogens with one attached hydrogen (secondary N) is 1. The molecule has 0 unspecified atom stereocenters. The van der Waals surface area contributed by atoms with E-state index in [1.807, 2.05) is 25.1 Å². The number of methoxy groups -OCH3 is 1. The quantitative estimate of drug-likeness (QED) is 0.307. The molecule has 0 aliphatic heterocycles. The molecule has 168 valence electrons. The van der Waals surface area contributed by atoms with Crippen molar-refractivity contribution < 1.29 is 14.3 Å². The highest BCUT2D eigenvalue weighted by Crippen LogP contribution is 2.27. The number of carbonyl (C=O) groups is 1. The SMILES string of the molecule is CCOc1ccc(NC(=O)CSc2nc3ccccc3c(=O)n2-c2ccccc2OC)cc1. The van der Waals surface area contributed by atoms with E-state index < -0.39 is 0 Å². The van der Waals surface area contributed by atoms with E-state index in [0.29, 0.717) is 39.8 Å². The van der Waals surface area contributed by atoms with Gasteiger partial charge in [-0.25, -0.2) is 4.98 Å². The molecule has 0 fully saturated rings. The van der Waals surface area contributed by atoms with E-state index in [1.54, 1.807) is 61.7 Å². The van der Waals surface area contributed by atoms with Crippen LogP contribution in [-0.4, -0.2) is 34.9 Å². The molecule has 0 aliphatic carbocycles. The lowest BCUT2D eigenvalue weighted by molar-refractivity contribution is -0.113. The second kappa shape index (κ2) is 10.2. The molecule has 0 saturated carbocycles. The second-order valence-corrected chi connectivity index (χ2v) is 7.96. The number of rotatable bonds is 8. The third-order valence-corrected chi connectivity index (χ3v) is 5.79. The molecule has 1 N–H and O–H groups in total. The van der Waals surface area contributed by atoms with Crippen LogP contribution in [0.5, 0.6) is 11.5 Å². The molecule has 1 heterocycles. The Morgan fingerprint density at radius 3 is 2.52 bits per heavy atom. The number of hydrogen-bond donors (Lipinski definition) is 1. The zero-order valence-corrected chi connectivity index (χ0v) is 19.1. The first-order valence-corrected chi connectivity index (χ1v) is 11.4. The number of hydrogen-bond acceptors (Lipinski definition) is 6. The van der Waals surface area contributed by atoms with E-state index in [2.05, 4.69) is 10.3 Å². The van der Waals surface area contributed by atoms with Crippen LogP contribution in [0.3, 0.4) is 0 Å². The normalized spacial score (nSPS) is 10.7. The fraction of sp³-hybridized carbons (Fsp3) is 0.160. The lowest BCUT2D eigenvalue weighted by Crippen LogP contribution is -2.23. The molecule has 4 rings (SSSR count). The summed E-state index contributed by atoms with van der Waals surface area (Å²) in [6.07, 6.45) is 0. The summed E-state index contributed by atoms with van der Waals surface area (Å²) >= 11 is 1.19. The average molecular weight is 462 g/mol. The van der Waals surface area contributed by atoms with Crippen LogP contribution in [0.4, 0.5) is 5.69 Å². The third-order valence-electron chi connectivity index (χ3n) is 4.85. The van der Waals surface area contributed by atoms with Crippen LogP contribution >= 0.6 is 11.8 Å². The molecule has 0 spiro atoms. The molecule has 0 bridgehead atoms. The van der Waals surface area contributed by atoms with Gasteiger partial charge >= 0.3 is 0 Å². The van der Waals surface area contributed by atoms with Gasteiger partial charge in [-0.05, 0) is 55.5 Å². The van der Waals surface area contributed by atoms with Crippen LogP contribution in [0, 0.1) is 0 Å². The average Bonchev–Trinajstić information content (AvgIpc) is 2.84. The van der Waals surface area contributed by atoms with Crippen LogP contribution in [0.2, 0.25) is 0 Å². The summed E-state index contributed by atoms with van der Waals surface area (Å²) in [5.41, 5.74) is 1.58. The molecule has 0 radical (unpaired) electrons. The van der Waals surface area contributed by atoms with Gasteiger partial charge in [-0.15, -0.1) is 0 Å². The van der Waals surface area contributed by atoms with Crippen molar-refractivity contribution in [3.63, 3.8) is 0 Å². The Balaban J connectivity index is 1.63. The van der Waals surface area contributed by atoms with Gasteiger partial charge in [-0.1, -0.05) is 36.0 Å². The van der Waals surface area contributed by atoms with Crippen molar-refractivity contribution in [3.8, 4) is 17.2 Å². The number of benzene rings is 3. The summed E-state index contributed by atoms with van der Waals surface area (Å²) in [5, 5.41) is 3.76. The summed E-state index contributed by atoms with van der Waals surface area (Å²) < 4.78 is 12.4. The van der Waals surface area contributed by atoms with Crippen LogP contribution in [0.1, 0.15) is 6.92 Å². The number of para-hydroxylation sites is 3. The molecule has 33 heavy (non-hydrogen) atoms. The summed E-state index contributed by atoms with van der Waals surface area (Å²) in [4.78, 5) is 30.7. The molecular formula is C25H23N3O4S. The van der Waals surface area contributed by atoms with Gasteiger partial charge in [0.25, 0.3) is 5.56 Å². The summed E-state index contributed by atoms with van der Waals surface area (Å²) in [6.45, 7) is 2.49. The number of anilines is 1. The highest BCUT2D eigenvalue weighted by atomic mass is 32.2. The van der Waals surface area contributed by atoms with Gasteiger partial charge in [0.15, 0.2) is 5.16 Å². The molecule has 0 aliphatic rings. The minimum atomic E-state index is -0.223. The van der Waals surface area contributed by atoms with Crippen molar-refractivity contribution in [1.29, 1.82) is 0 Å². The first-order chi connectivity index (χ1) is 16.1. The van der Waals surface area contributed by atoms with Gasteiger partial charge in [0.1, 0.15) is 11.5 Å². The number of ether oxygens (including phenoxy) is 2. The van der Waals surface area contributed by atoms with E-state index in [-0.39, 0.29) is 17.2 Å². The predicted octanol–water partition coefficient (Wildman–Crippen LogP) is 4.52. The van der Waals surface area contributed by atoms with Gasteiger partial charge in [0.05, 0.1) is 36.1 Å². The lowest BCUT2D eigenvalue weighted by Gasteiger charge is -2.15. The molecule has 7 nitrogen and oxygen atoms in total. The van der Waals surface area contributed by atoms with Crippen LogP contribution in [0.25, 0.3) is 16.6 Å². The standard InChI is InChI=1S/C25H23N3O4S/c1-3-32-18-14-12-17(13-15-18)26-23(29)16-33-25-27-20-9-5-4-8-19(20)24(30)28(25)21-10-6-7-11-22(21)31-2/h4-15H,3,16H2,1-2H3,(H,26,29). The number of carbonyl (C=O) groups excluding carboxylic acids is 1. The van der Waals surface area contributed by atoms with Gasteiger partial charge in [0.2, 0.25) is 5.91 Å². The fourth-order valence-corrected chi connectivity index (χ4v) is 4.17. The smallest absolute Gasteiger partial charge is 0.266 e. The number of fused-ring (bicyclic) bond motifs is 1. The zero-order chi connectivity index (χ0) is 23.2. The maximum absolute atomic E-state index is 13.4. The van der Waals surface area contributed by atoms with Gasteiger partial charge in [-0.2, -0.15) is 0 Å². The zero-order valence-electron chi connectivity index (χ0n) is 18.3. The van der Waals surface area contributed by atoms with E-state index in [4.69, 9.17) is 9.47 Å². The van der Waals surface area contributed by atoms with Gasteiger partial charge < -0.3 is 14.8 Å². The molecular weight excluding hydrogens is 438 g/mol. The molecule has 0 atom stereocenters. The Morgan fingerprint density at radius 2 is 1.76 bits per heavy atom. The lowest BCUT2D eigenvalue weighted by atomic mass is 10.2. The Morgan fingerprint density at radius 1 is 1.03 bits per heavy atom. The molecule has 0 saturated heterocycles. The van der Waals surface area contributed by atoms with Crippen molar-refractivity contribution in [2.45, 2.75) is 12.1 Å². The molecule has 1 aromatic heterocycles. The van der Waals surface area contributed by atoms with Crippen LogP contribution in [0.15, 0.2) is 82.7 Å². The highest BCUT2D eigenvalue weighted by molar-refractivity contribution is 7.99. The number of nitrogens with zero attached hydrogens (tertiary/aromatic N) is 2.